The van der Waals surface area contributed by atoms with Crippen molar-refractivity contribution in [2.24, 2.45) is 0 Å². The molecule has 0 spiro atoms. The van der Waals surface area contributed by atoms with E-state index in [-0.39, 0.29) is 11.2 Å². The van der Waals surface area contributed by atoms with Crippen molar-refractivity contribution in [1.29, 1.82) is 0 Å². The van der Waals surface area contributed by atoms with E-state index in [4.69, 9.17) is 11.6 Å². The molecule has 0 aliphatic heterocycles. The maximum Gasteiger partial charge on any atom is 0.250 e. The zero-order valence-corrected chi connectivity index (χ0v) is 12.2. The molecule has 1 aromatic rings. The van der Waals surface area contributed by atoms with Crippen molar-refractivity contribution in [3.8, 4) is 0 Å². The predicted octanol–water partition coefficient (Wildman–Crippen LogP) is 3.05. The van der Waals surface area contributed by atoms with Crippen LogP contribution >= 0.6 is 11.6 Å². The second-order valence-electron chi connectivity index (χ2n) is 5.68. The summed E-state index contributed by atoms with van der Waals surface area (Å²) >= 11 is 5.76. The Hall–Kier alpha value is -1.35. The van der Waals surface area contributed by atoms with E-state index in [0.717, 1.165) is 24.1 Å². The van der Waals surface area contributed by atoms with Crippen LogP contribution in [0, 0.1) is 0 Å². The molecule has 0 aromatic heterocycles. The number of fused-ring (bicyclic) bond motifs is 1. The lowest BCUT2D eigenvalue weighted by molar-refractivity contribution is -0.123. The van der Waals surface area contributed by atoms with Gasteiger partial charge in [-0.25, -0.2) is 0 Å². The molecule has 19 heavy (non-hydrogen) atoms. The van der Waals surface area contributed by atoms with Crippen molar-refractivity contribution in [2.45, 2.75) is 44.4 Å². The number of Topliss-reactive ketones (excluding diaryl/α,β-unsaturated/α-hetero) is 1. The van der Waals surface area contributed by atoms with E-state index in [0.29, 0.717) is 0 Å². The van der Waals surface area contributed by atoms with E-state index in [9.17, 15) is 9.59 Å². The van der Waals surface area contributed by atoms with Gasteiger partial charge < -0.3 is 5.32 Å². The third-order valence-corrected chi connectivity index (χ3v) is 4.26. The highest BCUT2D eigenvalue weighted by Gasteiger charge is 2.31. The number of anilines is 1. The summed E-state index contributed by atoms with van der Waals surface area (Å²) in [7, 11) is 0. The Morgan fingerprint density at radius 2 is 2.05 bits per heavy atom. The van der Waals surface area contributed by atoms with Crippen LogP contribution in [0.4, 0.5) is 5.69 Å². The van der Waals surface area contributed by atoms with Gasteiger partial charge in [0.1, 0.15) is 0 Å². The van der Waals surface area contributed by atoms with Crippen LogP contribution in [0.25, 0.3) is 0 Å². The normalized spacial score (nSPS) is 17.7. The fourth-order valence-corrected chi connectivity index (χ4v) is 2.61. The first-order valence-corrected chi connectivity index (χ1v) is 6.84. The Morgan fingerprint density at radius 1 is 1.37 bits per heavy atom. The van der Waals surface area contributed by atoms with Crippen molar-refractivity contribution in [1.82, 2.24) is 0 Å². The minimum atomic E-state index is -1.12. The first-order valence-electron chi connectivity index (χ1n) is 6.40. The van der Waals surface area contributed by atoms with Crippen LogP contribution in [-0.2, 0) is 21.4 Å². The molecule has 1 aromatic carbocycles. The van der Waals surface area contributed by atoms with E-state index in [1.54, 1.807) is 0 Å². The third kappa shape index (κ3) is 2.66. The third-order valence-electron chi connectivity index (χ3n) is 3.75. The van der Waals surface area contributed by atoms with Crippen LogP contribution < -0.4 is 5.32 Å². The molecule has 0 saturated heterocycles. The lowest BCUT2D eigenvalue weighted by Crippen LogP contribution is -2.29. The molecule has 3 nitrogen and oxygen atoms in total. The van der Waals surface area contributed by atoms with E-state index in [1.807, 2.05) is 12.1 Å². The summed E-state index contributed by atoms with van der Waals surface area (Å²) in [5, 5.41) is 1.65. The van der Waals surface area contributed by atoms with E-state index in [2.05, 4.69) is 25.2 Å². The van der Waals surface area contributed by atoms with Gasteiger partial charge in [-0.1, -0.05) is 26.0 Å². The molecule has 1 amide bonds. The summed E-state index contributed by atoms with van der Waals surface area (Å²) in [4.78, 5) is 23.0. The Labute approximate surface area is 118 Å². The first kappa shape index (κ1) is 14.1. The quantitative estimate of drug-likeness (QED) is 0.683. The Bertz CT molecular complexity index is 537. The number of halogens is 1. The van der Waals surface area contributed by atoms with Gasteiger partial charge in [0.15, 0.2) is 11.2 Å². The minimum absolute atomic E-state index is 0.136. The average molecular weight is 280 g/mol. The van der Waals surface area contributed by atoms with Gasteiger partial charge in [0.25, 0.3) is 0 Å². The molecule has 2 rings (SSSR count). The summed E-state index contributed by atoms with van der Waals surface area (Å²) in [6.45, 7) is 5.71. The minimum Gasteiger partial charge on any atom is -0.324 e. The van der Waals surface area contributed by atoms with Crippen molar-refractivity contribution in [3.63, 3.8) is 0 Å². The highest BCUT2D eigenvalue weighted by Crippen LogP contribution is 2.41. The van der Waals surface area contributed by atoms with Gasteiger partial charge in [-0.2, -0.15) is 0 Å². The number of amides is 1. The topological polar surface area (TPSA) is 46.2 Å². The van der Waals surface area contributed by atoms with Gasteiger partial charge in [-0.3, -0.25) is 9.59 Å². The molecule has 1 atom stereocenters. The Morgan fingerprint density at radius 3 is 2.68 bits per heavy atom. The molecule has 0 saturated carbocycles. The maximum atomic E-state index is 11.9. The number of carbonyl (C=O) groups is 2. The smallest absolute Gasteiger partial charge is 0.250 e. The van der Waals surface area contributed by atoms with Crippen LogP contribution in [-0.4, -0.2) is 17.1 Å². The molecule has 0 bridgehead atoms. The number of hydrogen-bond donors (Lipinski definition) is 1. The van der Waals surface area contributed by atoms with Gasteiger partial charge in [-0.05, 0) is 42.4 Å². The van der Waals surface area contributed by atoms with Gasteiger partial charge in [-0.15, -0.1) is 11.6 Å². The number of ketones is 1. The van der Waals surface area contributed by atoms with Gasteiger partial charge in [0, 0.05) is 5.69 Å². The molecule has 1 N–H and O–H groups in total. The standard InChI is InChI=1S/C15H18ClNO2/c1-9(18)13(16)14(19)17-12-6-4-5-11-10(12)7-8-15(11,2)3/h4-6,13H,7-8H2,1-3H3,(H,17,19). The SMILES string of the molecule is CC(=O)C(Cl)C(=O)Nc1cccc2c1CCC2(C)C. The van der Waals surface area contributed by atoms with Crippen LogP contribution in [0.15, 0.2) is 18.2 Å². The molecule has 0 radical (unpaired) electrons. The highest BCUT2D eigenvalue weighted by atomic mass is 35.5. The largest absolute Gasteiger partial charge is 0.324 e. The molecule has 1 aliphatic rings. The zero-order valence-electron chi connectivity index (χ0n) is 11.4. The lowest BCUT2D eigenvalue weighted by Gasteiger charge is -2.19. The number of hydrogen-bond acceptors (Lipinski definition) is 2. The maximum absolute atomic E-state index is 11.9. The van der Waals surface area contributed by atoms with E-state index >= 15 is 0 Å². The molecule has 1 aliphatic carbocycles. The Balaban J connectivity index is 2.27. The molecule has 0 heterocycles. The highest BCUT2D eigenvalue weighted by molar-refractivity contribution is 6.43. The fourth-order valence-electron chi connectivity index (χ4n) is 2.56. The monoisotopic (exact) mass is 279 g/mol. The molecule has 1 unspecified atom stereocenters. The summed E-state index contributed by atoms with van der Waals surface area (Å²) < 4.78 is 0. The predicted molar refractivity (Wildman–Crippen MR) is 76.7 cm³/mol. The number of benzene rings is 1. The fraction of sp³-hybridized carbons (Fsp3) is 0.467. The van der Waals surface area contributed by atoms with E-state index < -0.39 is 11.3 Å². The molecule has 4 heteroatoms. The van der Waals surface area contributed by atoms with Crippen LogP contribution in [0.2, 0.25) is 0 Å². The van der Waals surface area contributed by atoms with Gasteiger partial charge in [0.05, 0.1) is 0 Å². The zero-order chi connectivity index (χ0) is 14.2. The number of rotatable bonds is 3. The molecule has 102 valence electrons. The lowest BCUT2D eigenvalue weighted by atomic mass is 9.86. The molecular formula is C15H18ClNO2. The van der Waals surface area contributed by atoms with Crippen LogP contribution in [0.1, 0.15) is 38.3 Å². The first-order chi connectivity index (χ1) is 8.83. The summed E-state index contributed by atoms with van der Waals surface area (Å²) in [6, 6.07) is 5.89. The van der Waals surface area contributed by atoms with Crippen molar-refractivity contribution < 1.29 is 9.59 Å². The van der Waals surface area contributed by atoms with Gasteiger partial charge in [0.2, 0.25) is 5.91 Å². The summed E-state index contributed by atoms with van der Waals surface area (Å²) in [5.74, 6) is -0.792. The van der Waals surface area contributed by atoms with E-state index in [1.165, 1.54) is 12.5 Å². The van der Waals surface area contributed by atoms with Gasteiger partial charge >= 0.3 is 0 Å². The van der Waals surface area contributed by atoms with Crippen LogP contribution in [0.3, 0.4) is 0 Å². The summed E-state index contributed by atoms with van der Waals surface area (Å²) in [6.07, 6.45) is 2.00. The van der Waals surface area contributed by atoms with Crippen molar-refractivity contribution in [3.05, 3.63) is 29.3 Å². The second kappa shape index (κ2) is 4.97. The van der Waals surface area contributed by atoms with Crippen LogP contribution in [0.5, 0.6) is 0 Å². The summed E-state index contributed by atoms with van der Waals surface area (Å²) in [5.41, 5.74) is 3.34. The molecular weight excluding hydrogens is 262 g/mol. The number of carbonyl (C=O) groups excluding carboxylic acids is 2. The average Bonchev–Trinajstić information content (AvgIpc) is 2.65. The second-order valence-corrected chi connectivity index (χ2v) is 6.11. The van der Waals surface area contributed by atoms with Crippen molar-refractivity contribution >= 4 is 29.0 Å². The number of alkyl halides is 1. The number of nitrogens with one attached hydrogen (secondary N) is 1. The Kier molecular flexibility index (Phi) is 3.68. The van der Waals surface area contributed by atoms with Crippen molar-refractivity contribution in [2.75, 3.05) is 5.32 Å². The molecule has 0 fully saturated rings.